The van der Waals surface area contributed by atoms with Crippen LogP contribution in [0.15, 0.2) is 11.1 Å². The lowest BCUT2D eigenvalue weighted by Crippen LogP contribution is -2.47. The van der Waals surface area contributed by atoms with Gasteiger partial charge in [-0.05, 0) is 30.6 Å². The highest BCUT2D eigenvalue weighted by Crippen LogP contribution is 2.56. The number of hydrogen-bond acceptors (Lipinski definition) is 2. The third-order valence-electron chi connectivity index (χ3n) is 5.81. The first-order valence-electron chi connectivity index (χ1n) is 7.76. The second-order valence-corrected chi connectivity index (χ2v) is 7.43. The molecule has 2 aliphatic carbocycles. The van der Waals surface area contributed by atoms with E-state index in [-0.39, 0.29) is 11.3 Å². The minimum Gasteiger partial charge on any atom is -0.345 e. The summed E-state index contributed by atoms with van der Waals surface area (Å²) >= 11 is 0. The van der Waals surface area contributed by atoms with Gasteiger partial charge in [0.2, 0.25) is 0 Å². The van der Waals surface area contributed by atoms with Gasteiger partial charge < -0.3 is 9.47 Å². The summed E-state index contributed by atoms with van der Waals surface area (Å²) in [6.45, 7) is 3.59. The van der Waals surface area contributed by atoms with Crippen molar-refractivity contribution < 1.29 is 27.0 Å². The first-order valence-corrected chi connectivity index (χ1v) is 7.76. The second kappa shape index (κ2) is 4.94. The van der Waals surface area contributed by atoms with Gasteiger partial charge in [0, 0.05) is 5.92 Å². The molecule has 22 heavy (non-hydrogen) atoms. The van der Waals surface area contributed by atoms with Crippen molar-refractivity contribution >= 4 is 0 Å². The lowest BCUT2D eigenvalue weighted by molar-refractivity contribution is -0.222. The van der Waals surface area contributed by atoms with Crippen molar-refractivity contribution in [2.75, 3.05) is 13.2 Å². The van der Waals surface area contributed by atoms with Gasteiger partial charge in [0.15, 0.2) is 6.29 Å². The Morgan fingerprint density at radius 1 is 0.955 bits per heavy atom. The smallest absolute Gasteiger partial charge is 0.335 e. The van der Waals surface area contributed by atoms with Crippen LogP contribution in [0.4, 0.5) is 17.6 Å². The van der Waals surface area contributed by atoms with E-state index in [4.69, 9.17) is 9.47 Å². The Kier molecular flexibility index (Phi) is 3.64. The maximum absolute atomic E-state index is 13.5. The quantitative estimate of drug-likeness (QED) is 0.526. The Hall–Kier alpha value is -0.620. The van der Waals surface area contributed by atoms with E-state index < -0.39 is 31.3 Å². The zero-order valence-corrected chi connectivity index (χ0v) is 13.1. The van der Waals surface area contributed by atoms with Crippen molar-refractivity contribution in [3.63, 3.8) is 0 Å². The van der Waals surface area contributed by atoms with Crippen molar-refractivity contribution in [2.45, 2.75) is 58.2 Å². The lowest BCUT2D eigenvalue weighted by Gasteiger charge is -2.51. The minimum atomic E-state index is -4.19. The normalized spacial score (nSPS) is 37.2. The molecule has 1 saturated heterocycles. The van der Waals surface area contributed by atoms with Crippen LogP contribution in [0.2, 0.25) is 0 Å². The largest absolute Gasteiger partial charge is 0.345 e. The molecule has 1 fully saturated rings. The van der Waals surface area contributed by atoms with E-state index in [9.17, 15) is 17.6 Å². The van der Waals surface area contributed by atoms with E-state index in [1.165, 1.54) is 11.1 Å². The van der Waals surface area contributed by atoms with Gasteiger partial charge in [0.25, 0.3) is 0 Å². The summed E-state index contributed by atoms with van der Waals surface area (Å²) in [5.41, 5.74) is 2.26. The molecular formula is C16H22F4O2. The van der Waals surface area contributed by atoms with E-state index >= 15 is 0 Å². The van der Waals surface area contributed by atoms with Gasteiger partial charge in [-0.1, -0.05) is 31.9 Å². The van der Waals surface area contributed by atoms with E-state index in [0.717, 1.165) is 19.3 Å². The Bertz CT molecular complexity index is 480. The molecule has 6 heteroatoms. The molecule has 2 nitrogen and oxygen atoms in total. The molecule has 1 heterocycles. The van der Waals surface area contributed by atoms with Gasteiger partial charge in [-0.15, -0.1) is 0 Å². The van der Waals surface area contributed by atoms with Crippen molar-refractivity contribution in [2.24, 2.45) is 17.3 Å². The standard InChI is InChI=1S/C16H22F4O2/c1-9-6-10-4-5-11(10)12(14(9,2)3)13-21-7-15(17,18)16(19,20)8-22-13/h9,12-13H,4-8H2,1-3H3. The van der Waals surface area contributed by atoms with Gasteiger partial charge in [-0.2, -0.15) is 17.6 Å². The molecule has 0 amide bonds. The second-order valence-electron chi connectivity index (χ2n) is 7.43. The number of hydrogen-bond donors (Lipinski definition) is 0. The molecule has 0 aromatic heterocycles. The average Bonchev–Trinajstić information content (AvgIpc) is 2.48. The van der Waals surface area contributed by atoms with E-state index in [2.05, 4.69) is 6.92 Å². The fraction of sp³-hybridized carbons (Fsp3) is 0.875. The summed E-state index contributed by atoms with van der Waals surface area (Å²) in [4.78, 5) is 0. The van der Waals surface area contributed by atoms with Crippen molar-refractivity contribution in [3.8, 4) is 0 Å². The SMILES string of the molecule is CC1CC2=C(CC2)C(C2OCC(F)(F)C(F)(F)CO2)C1(C)C. The van der Waals surface area contributed by atoms with Gasteiger partial charge in [-0.25, -0.2) is 0 Å². The fourth-order valence-electron chi connectivity index (χ4n) is 3.78. The molecule has 0 N–H and O–H groups in total. The van der Waals surface area contributed by atoms with Gasteiger partial charge in [0.1, 0.15) is 13.2 Å². The van der Waals surface area contributed by atoms with E-state index in [1.807, 2.05) is 13.8 Å². The zero-order valence-electron chi connectivity index (χ0n) is 13.1. The molecule has 3 aliphatic rings. The third-order valence-corrected chi connectivity index (χ3v) is 5.81. The van der Waals surface area contributed by atoms with E-state index in [0.29, 0.717) is 5.92 Å². The Labute approximate surface area is 127 Å². The predicted octanol–water partition coefficient (Wildman–Crippen LogP) is 4.40. The highest BCUT2D eigenvalue weighted by Gasteiger charge is 2.60. The van der Waals surface area contributed by atoms with Crippen LogP contribution in [0.3, 0.4) is 0 Å². The highest BCUT2D eigenvalue weighted by molar-refractivity contribution is 5.33. The average molecular weight is 322 g/mol. The molecule has 0 spiro atoms. The van der Waals surface area contributed by atoms with Gasteiger partial charge in [0.05, 0.1) is 0 Å². The maximum Gasteiger partial charge on any atom is 0.335 e. The minimum absolute atomic E-state index is 0.232. The third kappa shape index (κ3) is 2.30. The first-order chi connectivity index (χ1) is 10.1. The molecule has 2 unspecified atom stereocenters. The predicted molar refractivity (Wildman–Crippen MR) is 72.9 cm³/mol. The summed E-state index contributed by atoms with van der Waals surface area (Å²) in [6, 6.07) is 0. The fourth-order valence-corrected chi connectivity index (χ4v) is 3.78. The van der Waals surface area contributed by atoms with Crippen LogP contribution in [0.1, 0.15) is 40.0 Å². The molecule has 0 radical (unpaired) electrons. The topological polar surface area (TPSA) is 18.5 Å². The van der Waals surface area contributed by atoms with Gasteiger partial charge >= 0.3 is 11.8 Å². The van der Waals surface area contributed by atoms with Crippen molar-refractivity contribution in [3.05, 3.63) is 11.1 Å². The number of alkyl halides is 4. The molecule has 0 saturated carbocycles. The monoisotopic (exact) mass is 322 g/mol. The molecule has 2 atom stereocenters. The van der Waals surface area contributed by atoms with Crippen molar-refractivity contribution in [1.29, 1.82) is 0 Å². The first kappa shape index (κ1) is 16.2. The summed E-state index contributed by atoms with van der Waals surface area (Å²) in [6.07, 6.45) is 1.84. The van der Waals surface area contributed by atoms with Crippen LogP contribution in [0, 0.1) is 17.3 Å². The van der Waals surface area contributed by atoms with E-state index in [1.54, 1.807) is 0 Å². The van der Waals surface area contributed by atoms with Crippen LogP contribution in [0.25, 0.3) is 0 Å². The summed E-state index contributed by atoms with van der Waals surface area (Å²) < 4.78 is 64.2. The molecule has 0 bridgehead atoms. The molecular weight excluding hydrogens is 300 g/mol. The van der Waals surface area contributed by atoms with Crippen LogP contribution >= 0.6 is 0 Å². The molecule has 0 aromatic rings. The summed E-state index contributed by atoms with van der Waals surface area (Å²) in [5.74, 6) is -8.29. The molecule has 3 rings (SSSR count). The number of rotatable bonds is 1. The van der Waals surface area contributed by atoms with Crippen LogP contribution in [-0.4, -0.2) is 31.3 Å². The number of halogens is 4. The molecule has 0 aromatic carbocycles. The Morgan fingerprint density at radius 3 is 1.95 bits per heavy atom. The highest BCUT2D eigenvalue weighted by atomic mass is 19.3. The number of ether oxygens (including phenoxy) is 2. The van der Waals surface area contributed by atoms with Crippen molar-refractivity contribution in [1.82, 2.24) is 0 Å². The maximum atomic E-state index is 13.5. The van der Waals surface area contributed by atoms with Crippen LogP contribution in [0.5, 0.6) is 0 Å². The zero-order chi connectivity index (χ0) is 16.3. The van der Waals surface area contributed by atoms with Crippen LogP contribution < -0.4 is 0 Å². The van der Waals surface area contributed by atoms with Gasteiger partial charge in [-0.3, -0.25) is 0 Å². The summed E-state index contributed by atoms with van der Waals surface area (Å²) in [7, 11) is 0. The van der Waals surface area contributed by atoms with Crippen LogP contribution in [-0.2, 0) is 9.47 Å². The Morgan fingerprint density at radius 2 is 1.50 bits per heavy atom. The molecule has 1 aliphatic heterocycles. The lowest BCUT2D eigenvalue weighted by atomic mass is 9.56. The number of allylic oxidation sites excluding steroid dienone is 1. The summed E-state index contributed by atoms with van der Waals surface area (Å²) in [5, 5.41) is 0. The Balaban J connectivity index is 1.88. The molecule has 126 valence electrons.